The molecule has 32 heavy (non-hydrogen) atoms. The third kappa shape index (κ3) is 3.62. The van der Waals surface area contributed by atoms with Crippen molar-refractivity contribution < 1.29 is 32.6 Å². The van der Waals surface area contributed by atoms with Gasteiger partial charge in [0.2, 0.25) is 5.43 Å². The second-order valence-corrected chi connectivity index (χ2v) is 7.74. The molecule has 1 fully saturated rings. The Morgan fingerprint density at radius 1 is 1.25 bits per heavy atom. The van der Waals surface area contributed by atoms with Crippen LogP contribution < -0.4 is 10.7 Å². The number of rotatable bonds is 4. The fraction of sp³-hybridized carbons (Fsp3) is 0.381. The van der Waals surface area contributed by atoms with Crippen molar-refractivity contribution in [3.05, 3.63) is 62.8 Å². The Balaban J connectivity index is 1.70. The third-order valence-electron chi connectivity index (χ3n) is 5.89. The molecule has 2 aromatic rings. The third-order valence-corrected chi connectivity index (χ3v) is 5.89. The highest BCUT2D eigenvalue weighted by Crippen LogP contribution is 2.33. The van der Waals surface area contributed by atoms with Crippen LogP contribution in [0.3, 0.4) is 0 Å². The number of hydrogen-bond donors (Lipinski definition) is 2. The van der Waals surface area contributed by atoms with Gasteiger partial charge >= 0.3 is 0 Å². The Labute approximate surface area is 180 Å². The van der Waals surface area contributed by atoms with Crippen LogP contribution in [0.1, 0.15) is 45.3 Å². The van der Waals surface area contributed by atoms with Crippen molar-refractivity contribution in [2.45, 2.75) is 31.5 Å². The first-order valence-corrected chi connectivity index (χ1v) is 9.94. The molecule has 1 saturated heterocycles. The predicted octanol–water partition coefficient (Wildman–Crippen LogP) is 1.71. The van der Waals surface area contributed by atoms with Gasteiger partial charge in [0.05, 0.1) is 12.1 Å². The standard InChI is InChI=1S/C21H20F3N3O5/c1-32-16-3-2-4-26-9-15(16)27-8-12(18(28)19(29)17(27)21(26)31)20(30)25-7-11-13(23)5-10(22)6-14(11)24/h5-6,8,15-16,29H,2-4,7,9H2,1H3,(H,25,30)/t15-,16+/m0/s1. The number of hydrogen-bond acceptors (Lipinski definition) is 5. The van der Waals surface area contributed by atoms with E-state index in [0.29, 0.717) is 31.5 Å². The molecule has 8 nitrogen and oxygen atoms in total. The lowest BCUT2D eigenvalue weighted by atomic mass is 10.0. The molecule has 2 atom stereocenters. The van der Waals surface area contributed by atoms with Gasteiger partial charge in [-0.15, -0.1) is 0 Å². The molecular formula is C21H20F3N3O5. The van der Waals surface area contributed by atoms with Crippen LogP contribution in [-0.4, -0.2) is 52.7 Å². The average Bonchev–Trinajstić information content (AvgIpc) is 2.93. The van der Waals surface area contributed by atoms with Gasteiger partial charge in [0.1, 0.15) is 23.0 Å². The summed E-state index contributed by atoms with van der Waals surface area (Å²) in [6.07, 6.45) is 2.12. The van der Waals surface area contributed by atoms with Crippen LogP contribution in [-0.2, 0) is 11.3 Å². The molecular weight excluding hydrogens is 431 g/mol. The van der Waals surface area contributed by atoms with Crippen LogP contribution in [0.25, 0.3) is 0 Å². The summed E-state index contributed by atoms with van der Waals surface area (Å²) in [5, 5.41) is 12.7. The number of ether oxygens (including phenoxy) is 1. The van der Waals surface area contributed by atoms with Gasteiger partial charge in [0.25, 0.3) is 11.8 Å². The van der Waals surface area contributed by atoms with Gasteiger partial charge in [0, 0.05) is 50.6 Å². The molecule has 3 heterocycles. The smallest absolute Gasteiger partial charge is 0.274 e. The SMILES string of the molecule is CO[C@@H]1CCCN2C[C@@H]1n1cc(C(=O)NCc3c(F)cc(F)cc3F)c(=O)c(O)c1C2=O. The molecule has 170 valence electrons. The minimum absolute atomic E-state index is 0.234. The summed E-state index contributed by atoms with van der Waals surface area (Å²) in [5.41, 5.74) is -2.41. The maximum Gasteiger partial charge on any atom is 0.274 e. The van der Waals surface area contributed by atoms with Crippen molar-refractivity contribution in [3.8, 4) is 5.75 Å². The van der Waals surface area contributed by atoms with E-state index < -0.39 is 64.2 Å². The Kier molecular flexibility index (Phi) is 5.68. The number of halogens is 3. The molecule has 0 saturated carbocycles. The Hall–Kier alpha value is -3.34. The Morgan fingerprint density at radius 3 is 2.59 bits per heavy atom. The number of pyridine rings is 1. The van der Waals surface area contributed by atoms with E-state index >= 15 is 0 Å². The monoisotopic (exact) mass is 451 g/mol. The van der Waals surface area contributed by atoms with Crippen molar-refractivity contribution in [3.63, 3.8) is 0 Å². The molecule has 1 aromatic heterocycles. The van der Waals surface area contributed by atoms with Gasteiger partial charge in [-0.05, 0) is 12.8 Å². The fourth-order valence-electron chi connectivity index (χ4n) is 4.25. The first-order valence-electron chi connectivity index (χ1n) is 9.94. The number of aromatic nitrogens is 1. The predicted molar refractivity (Wildman–Crippen MR) is 105 cm³/mol. The van der Waals surface area contributed by atoms with E-state index in [4.69, 9.17) is 4.74 Å². The Morgan fingerprint density at radius 2 is 1.94 bits per heavy atom. The summed E-state index contributed by atoms with van der Waals surface area (Å²) >= 11 is 0. The number of nitrogens with one attached hydrogen (secondary N) is 1. The summed E-state index contributed by atoms with van der Waals surface area (Å²) in [7, 11) is 1.51. The summed E-state index contributed by atoms with van der Waals surface area (Å²) in [4.78, 5) is 39.6. The molecule has 2 aliphatic rings. The maximum atomic E-state index is 13.8. The molecule has 2 bridgehead atoms. The van der Waals surface area contributed by atoms with E-state index in [1.165, 1.54) is 16.6 Å². The van der Waals surface area contributed by atoms with E-state index in [1.54, 1.807) is 0 Å². The van der Waals surface area contributed by atoms with Gasteiger partial charge in [-0.1, -0.05) is 0 Å². The zero-order chi connectivity index (χ0) is 23.2. The lowest BCUT2D eigenvalue weighted by molar-refractivity contribution is 0.0352. The van der Waals surface area contributed by atoms with Gasteiger partial charge < -0.3 is 24.6 Å². The highest BCUT2D eigenvalue weighted by atomic mass is 19.1. The minimum Gasteiger partial charge on any atom is -0.503 e. The summed E-state index contributed by atoms with van der Waals surface area (Å²) in [5.74, 6) is -5.92. The molecule has 0 unspecified atom stereocenters. The number of amides is 2. The van der Waals surface area contributed by atoms with Crippen LogP contribution in [0.4, 0.5) is 13.2 Å². The van der Waals surface area contributed by atoms with Crippen molar-refractivity contribution in [1.82, 2.24) is 14.8 Å². The molecule has 2 N–H and O–H groups in total. The number of carbonyl (C=O) groups is 2. The van der Waals surface area contributed by atoms with E-state index in [2.05, 4.69) is 5.32 Å². The Bertz CT molecular complexity index is 1140. The summed E-state index contributed by atoms with van der Waals surface area (Å²) < 4.78 is 47.7. The van der Waals surface area contributed by atoms with E-state index in [1.807, 2.05) is 0 Å². The number of benzene rings is 1. The van der Waals surface area contributed by atoms with Crippen LogP contribution >= 0.6 is 0 Å². The lowest BCUT2D eigenvalue weighted by Crippen LogP contribution is -2.47. The minimum atomic E-state index is -1.19. The van der Waals surface area contributed by atoms with Crippen LogP contribution in [0.2, 0.25) is 0 Å². The second-order valence-electron chi connectivity index (χ2n) is 7.74. The van der Waals surface area contributed by atoms with Crippen molar-refractivity contribution in [2.24, 2.45) is 0 Å². The molecule has 2 amide bonds. The number of aromatic hydroxyl groups is 1. The first-order chi connectivity index (χ1) is 15.2. The normalized spacial score (nSPS) is 20.0. The highest BCUT2D eigenvalue weighted by molar-refractivity contribution is 5.99. The largest absolute Gasteiger partial charge is 0.503 e. The zero-order valence-corrected chi connectivity index (χ0v) is 17.0. The van der Waals surface area contributed by atoms with Gasteiger partial charge in [-0.25, -0.2) is 13.2 Å². The second kappa shape index (κ2) is 8.30. The molecule has 2 aliphatic heterocycles. The number of methoxy groups -OCH3 is 1. The lowest BCUT2D eigenvalue weighted by Gasteiger charge is -2.36. The zero-order valence-electron chi connectivity index (χ0n) is 17.0. The van der Waals surface area contributed by atoms with Gasteiger partial charge in [-0.2, -0.15) is 0 Å². The summed E-state index contributed by atoms with van der Waals surface area (Å²) in [6.45, 7) is 0.0646. The number of fused-ring (bicyclic) bond motifs is 4. The fourth-order valence-corrected chi connectivity index (χ4v) is 4.25. The summed E-state index contributed by atoms with van der Waals surface area (Å²) in [6, 6.07) is 0.497. The molecule has 4 rings (SSSR count). The van der Waals surface area contributed by atoms with Gasteiger partial charge in [0.15, 0.2) is 11.4 Å². The van der Waals surface area contributed by atoms with Crippen molar-refractivity contribution >= 4 is 11.8 Å². The number of nitrogens with zero attached hydrogens (tertiary/aromatic N) is 2. The molecule has 0 radical (unpaired) electrons. The van der Waals surface area contributed by atoms with E-state index in [-0.39, 0.29) is 18.3 Å². The highest BCUT2D eigenvalue weighted by Gasteiger charge is 2.40. The molecule has 1 aromatic carbocycles. The van der Waals surface area contributed by atoms with Crippen LogP contribution in [0, 0.1) is 17.5 Å². The molecule has 0 aliphatic carbocycles. The first kappa shape index (κ1) is 21.9. The van der Waals surface area contributed by atoms with E-state index in [9.17, 15) is 32.7 Å². The van der Waals surface area contributed by atoms with Gasteiger partial charge in [-0.3, -0.25) is 14.4 Å². The maximum absolute atomic E-state index is 13.8. The van der Waals surface area contributed by atoms with E-state index in [0.717, 1.165) is 6.20 Å². The average molecular weight is 451 g/mol. The topological polar surface area (TPSA) is 101 Å². The van der Waals surface area contributed by atoms with Crippen LogP contribution in [0.15, 0.2) is 23.1 Å². The van der Waals surface area contributed by atoms with Crippen molar-refractivity contribution in [2.75, 3.05) is 20.2 Å². The van der Waals surface area contributed by atoms with Crippen molar-refractivity contribution in [1.29, 1.82) is 0 Å². The van der Waals surface area contributed by atoms with Crippen LogP contribution in [0.5, 0.6) is 5.75 Å². The molecule has 11 heteroatoms. The quantitative estimate of drug-likeness (QED) is 0.737. The molecule has 0 spiro atoms. The number of carbonyl (C=O) groups excluding carboxylic acids is 2.